The maximum atomic E-state index is 4.47. The van der Waals surface area contributed by atoms with Crippen LogP contribution in [0.2, 0.25) is 0 Å². The lowest BCUT2D eigenvalue weighted by Gasteiger charge is -2.26. The maximum Gasteiger partial charge on any atom is 0.191 e. The monoisotopic (exact) mass is 558 g/mol. The molecule has 2 aromatic carbocycles. The number of nitrogens with one attached hydrogen (secondary N) is 2. The molecule has 33 heavy (non-hydrogen) atoms. The molecule has 1 aromatic heterocycles. The summed E-state index contributed by atoms with van der Waals surface area (Å²) in [6.45, 7) is 5.74. The van der Waals surface area contributed by atoms with Gasteiger partial charge in [-0.05, 0) is 42.6 Å². The largest absolute Gasteiger partial charge is 0.352 e. The van der Waals surface area contributed by atoms with Gasteiger partial charge in [-0.3, -0.25) is 14.6 Å². The number of halogens is 1. The van der Waals surface area contributed by atoms with E-state index < -0.39 is 0 Å². The van der Waals surface area contributed by atoms with Crippen LogP contribution in [0, 0.1) is 0 Å². The number of piperidine rings is 1. The predicted molar refractivity (Wildman–Crippen MR) is 146 cm³/mol. The lowest BCUT2D eigenvalue weighted by atomic mass is 10.1. The highest BCUT2D eigenvalue weighted by molar-refractivity contribution is 14.0. The van der Waals surface area contributed by atoms with Gasteiger partial charge in [-0.1, -0.05) is 61.0 Å². The van der Waals surface area contributed by atoms with Crippen LogP contribution >= 0.6 is 24.0 Å². The third-order valence-electron chi connectivity index (χ3n) is 5.90. The Morgan fingerprint density at radius 1 is 0.818 bits per heavy atom. The third-order valence-corrected chi connectivity index (χ3v) is 5.90. The van der Waals surface area contributed by atoms with Crippen LogP contribution in [0.1, 0.15) is 41.5 Å². The van der Waals surface area contributed by atoms with Crippen molar-refractivity contribution in [2.45, 2.75) is 45.4 Å². The molecule has 1 aliphatic rings. The fourth-order valence-corrected chi connectivity index (χ4v) is 4.09. The Bertz CT molecular complexity index is 978. The molecule has 1 aliphatic heterocycles. The molecule has 0 atom stereocenters. The highest BCUT2D eigenvalue weighted by atomic mass is 127. The highest BCUT2D eigenvalue weighted by Gasteiger charge is 2.10. The lowest BCUT2D eigenvalue weighted by molar-refractivity contribution is 0.221. The summed E-state index contributed by atoms with van der Waals surface area (Å²) >= 11 is 0. The van der Waals surface area contributed by atoms with Gasteiger partial charge in [0.2, 0.25) is 0 Å². The summed E-state index contributed by atoms with van der Waals surface area (Å²) < 4.78 is 1.97. The molecule has 0 amide bonds. The van der Waals surface area contributed by atoms with Gasteiger partial charge in [-0.15, -0.1) is 24.0 Å². The van der Waals surface area contributed by atoms with E-state index in [0.717, 1.165) is 31.2 Å². The van der Waals surface area contributed by atoms with Gasteiger partial charge in [0.1, 0.15) is 0 Å². The molecule has 0 unspecified atom stereocenters. The van der Waals surface area contributed by atoms with Crippen molar-refractivity contribution in [1.82, 2.24) is 25.3 Å². The van der Waals surface area contributed by atoms with E-state index in [1.165, 1.54) is 49.0 Å². The first-order valence-electron chi connectivity index (χ1n) is 11.6. The molecule has 0 aliphatic carbocycles. The van der Waals surface area contributed by atoms with Crippen LogP contribution in [0.5, 0.6) is 0 Å². The maximum absolute atomic E-state index is 4.47. The van der Waals surface area contributed by atoms with Gasteiger partial charge >= 0.3 is 0 Å². The molecule has 1 saturated heterocycles. The van der Waals surface area contributed by atoms with E-state index in [2.05, 4.69) is 80.4 Å². The Balaban J connectivity index is 0.00000306. The molecule has 0 spiro atoms. The topological polar surface area (TPSA) is 57.5 Å². The Labute approximate surface area is 214 Å². The molecular weight excluding hydrogens is 523 g/mol. The van der Waals surface area contributed by atoms with Gasteiger partial charge in [0.25, 0.3) is 0 Å². The molecule has 176 valence electrons. The predicted octanol–water partition coefficient (Wildman–Crippen LogP) is 4.40. The zero-order valence-corrected chi connectivity index (χ0v) is 21.7. The molecule has 0 radical (unpaired) electrons. The molecule has 1 fully saturated rings. The Kier molecular flexibility index (Phi) is 10.2. The number of rotatable bonds is 8. The Morgan fingerprint density at radius 2 is 1.45 bits per heavy atom. The molecular formula is C26H35IN6. The SMILES string of the molecule is CN=C(NCc1ccc(CN2CCCCC2)cc1)NCc1cnn(Cc2ccccc2)c1.I. The first kappa shape index (κ1) is 25.2. The van der Waals surface area contributed by atoms with E-state index in [9.17, 15) is 0 Å². The van der Waals surface area contributed by atoms with Crippen molar-refractivity contribution in [2.75, 3.05) is 20.1 Å². The first-order chi connectivity index (χ1) is 15.8. The number of hydrogen-bond donors (Lipinski definition) is 2. The van der Waals surface area contributed by atoms with Gasteiger partial charge < -0.3 is 10.6 Å². The van der Waals surface area contributed by atoms with E-state index in [-0.39, 0.29) is 24.0 Å². The number of aromatic nitrogens is 2. The molecule has 2 heterocycles. The Hall–Kier alpha value is -2.39. The molecule has 7 heteroatoms. The normalized spacial score (nSPS) is 14.5. The van der Waals surface area contributed by atoms with Gasteiger partial charge in [0, 0.05) is 38.4 Å². The molecule has 3 aromatic rings. The lowest BCUT2D eigenvalue weighted by Crippen LogP contribution is -2.36. The zero-order valence-electron chi connectivity index (χ0n) is 19.4. The van der Waals surface area contributed by atoms with Crippen LogP contribution < -0.4 is 10.6 Å². The number of hydrogen-bond acceptors (Lipinski definition) is 3. The van der Waals surface area contributed by atoms with Crippen LogP contribution in [-0.2, 0) is 26.2 Å². The van der Waals surface area contributed by atoms with Crippen molar-refractivity contribution in [3.63, 3.8) is 0 Å². The van der Waals surface area contributed by atoms with E-state index in [4.69, 9.17) is 0 Å². The summed E-state index contributed by atoms with van der Waals surface area (Å²) in [7, 11) is 1.80. The zero-order chi connectivity index (χ0) is 22.0. The summed E-state index contributed by atoms with van der Waals surface area (Å²) in [5, 5.41) is 11.3. The summed E-state index contributed by atoms with van der Waals surface area (Å²) in [5.41, 5.74) is 5.03. The molecule has 2 N–H and O–H groups in total. The van der Waals surface area contributed by atoms with Gasteiger partial charge in [-0.2, -0.15) is 5.10 Å². The number of likely N-dealkylation sites (tertiary alicyclic amines) is 1. The summed E-state index contributed by atoms with van der Waals surface area (Å²) in [6, 6.07) is 19.3. The number of guanidine groups is 1. The molecule has 6 nitrogen and oxygen atoms in total. The van der Waals surface area contributed by atoms with E-state index >= 15 is 0 Å². The summed E-state index contributed by atoms with van der Waals surface area (Å²) in [6.07, 6.45) is 8.04. The molecule has 0 saturated carbocycles. The van der Waals surface area contributed by atoms with Crippen LogP contribution in [0.25, 0.3) is 0 Å². The minimum absolute atomic E-state index is 0. The standard InChI is InChI=1S/C26H34N6.HI/c1-27-26(29-17-25-18-30-32(21-25)20-23-8-4-2-5-9-23)28-16-22-10-12-24(13-11-22)19-31-14-6-3-7-15-31;/h2,4-5,8-13,18,21H,3,6-7,14-17,19-20H2,1H3,(H2,27,28,29);1H. The van der Waals surface area contributed by atoms with Crippen molar-refractivity contribution in [1.29, 1.82) is 0 Å². The second-order valence-electron chi connectivity index (χ2n) is 8.46. The van der Waals surface area contributed by atoms with Gasteiger partial charge in [0.15, 0.2) is 5.96 Å². The minimum atomic E-state index is 0. The average molecular weight is 559 g/mol. The van der Waals surface area contributed by atoms with E-state index in [1.54, 1.807) is 7.05 Å². The van der Waals surface area contributed by atoms with Crippen molar-refractivity contribution < 1.29 is 0 Å². The van der Waals surface area contributed by atoms with E-state index in [0.29, 0.717) is 6.54 Å². The van der Waals surface area contributed by atoms with E-state index in [1.807, 2.05) is 16.9 Å². The fourth-order valence-electron chi connectivity index (χ4n) is 4.09. The second kappa shape index (κ2) is 13.3. The summed E-state index contributed by atoms with van der Waals surface area (Å²) in [4.78, 5) is 6.91. The Morgan fingerprint density at radius 3 is 2.15 bits per heavy atom. The van der Waals surface area contributed by atoms with Crippen LogP contribution in [0.15, 0.2) is 72.0 Å². The quantitative estimate of drug-likeness (QED) is 0.245. The van der Waals surface area contributed by atoms with Crippen molar-refractivity contribution in [2.24, 2.45) is 4.99 Å². The highest BCUT2D eigenvalue weighted by Crippen LogP contribution is 2.13. The van der Waals surface area contributed by atoms with Crippen molar-refractivity contribution >= 4 is 29.9 Å². The molecule has 0 bridgehead atoms. The second-order valence-corrected chi connectivity index (χ2v) is 8.46. The number of nitrogens with zero attached hydrogens (tertiary/aromatic N) is 4. The average Bonchev–Trinajstić information content (AvgIpc) is 3.29. The van der Waals surface area contributed by atoms with Crippen LogP contribution in [-0.4, -0.2) is 40.8 Å². The third kappa shape index (κ3) is 8.16. The van der Waals surface area contributed by atoms with Crippen molar-refractivity contribution in [3.05, 3.63) is 89.2 Å². The summed E-state index contributed by atoms with van der Waals surface area (Å²) in [5.74, 6) is 0.790. The van der Waals surface area contributed by atoms with Crippen molar-refractivity contribution in [3.8, 4) is 0 Å². The smallest absolute Gasteiger partial charge is 0.191 e. The fraction of sp³-hybridized carbons (Fsp3) is 0.385. The van der Waals surface area contributed by atoms with Crippen LogP contribution in [0.4, 0.5) is 0 Å². The minimum Gasteiger partial charge on any atom is -0.352 e. The first-order valence-corrected chi connectivity index (χ1v) is 11.6. The number of benzene rings is 2. The van der Waals surface area contributed by atoms with Crippen LogP contribution in [0.3, 0.4) is 0 Å². The molecule has 4 rings (SSSR count). The number of aliphatic imine (C=N–C) groups is 1. The van der Waals surface area contributed by atoms with Gasteiger partial charge in [-0.25, -0.2) is 0 Å². The van der Waals surface area contributed by atoms with Gasteiger partial charge in [0.05, 0.1) is 12.7 Å².